The molecule has 0 radical (unpaired) electrons. The van der Waals surface area contributed by atoms with Gasteiger partial charge < -0.3 is 5.73 Å². The Morgan fingerprint density at radius 1 is 1.46 bits per heavy atom. The van der Waals surface area contributed by atoms with E-state index in [4.69, 9.17) is 5.73 Å². The third-order valence-corrected chi connectivity index (χ3v) is 4.16. The minimum Gasteiger partial charge on any atom is -0.391 e. The number of rotatable bonds is 1. The number of hydrogen-bond donors (Lipinski definition) is 2. The predicted molar refractivity (Wildman–Crippen MR) is 65.3 cm³/mol. The Kier molecular flexibility index (Phi) is 2.45. The van der Waals surface area contributed by atoms with Crippen molar-refractivity contribution in [3.63, 3.8) is 0 Å². The molecule has 0 atom stereocenters. The van der Waals surface area contributed by atoms with Crippen LogP contribution in [-0.4, -0.2) is 6.26 Å². The van der Waals surface area contributed by atoms with E-state index in [2.05, 4.69) is 25.0 Å². The van der Waals surface area contributed by atoms with Crippen LogP contribution in [0.15, 0.2) is 28.0 Å². The smallest absolute Gasteiger partial charge is 0.0869 e. The molecule has 2 aromatic rings. The second kappa shape index (κ2) is 3.44. The second-order valence-electron chi connectivity index (χ2n) is 2.68. The van der Waals surface area contributed by atoms with Crippen LogP contribution in [0.25, 0.3) is 10.1 Å². The van der Waals surface area contributed by atoms with E-state index in [9.17, 15) is 0 Å². The average molecular weight is 227 g/mol. The molecule has 0 amide bonds. The Balaban J connectivity index is 2.82. The molecule has 4 heteroatoms. The van der Waals surface area contributed by atoms with Gasteiger partial charge in [0.2, 0.25) is 0 Å². The summed E-state index contributed by atoms with van der Waals surface area (Å²) in [4.78, 5) is 2.24. The van der Waals surface area contributed by atoms with Crippen LogP contribution in [0.3, 0.4) is 0 Å². The van der Waals surface area contributed by atoms with E-state index >= 15 is 0 Å². The van der Waals surface area contributed by atoms with Crippen LogP contribution in [0.4, 0.5) is 5.00 Å². The lowest BCUT2D eigenvalue weighted by molar-refractivity contribution is 1.33. The lowest BCUT2D eigenvalue weighted by Crippen LogP contribution is -1.75. The first kappa shape index (κ1) is 9.24. The highest BCUT2D eigenvalue weighted by molar-refractivity contribution is 7.99. The van der Waals surface area contributed by atoms with Crippen LogP contribution in [0.1, 0.15) is 0 Å². The Morgan fingerprint density at radius 2 is 2.23 bits per heavy atom. The lowest BCUT2D eigenvalue weighted by Gasteiger charge is -2.01. The quantitative estimate of drug-likeness (QED) is 0.576. The minimum absolute atomic E-state index is 0.865. The average Bonchev–Trinajstić information content (AvgIpc) is 2.45. The summed E-state index contributed by atoms with van der Waals surface area (Å²) < 4.78 is 1.24. The van der Waals surface area contributed by atoms with Gasteiger partial charge in [0.1, 0.15) is 0 Å². The van der Waals surface area contributed by atoms with Gasteiger partial charge >= 0.3 is 0 Å². The van der Waals surface area contributed by atoms with Gasteiger partial charge in [-0.05, 0) is 24.5 Å². The number of benzene rings is 1. The number of fused-ring (bicyclic) bond motifs is 1. The fourth-order valence-corrected chi connectivity index (χ4v) is 3.35. The summed E-state index contributed by atoms with van der Waals surface area (Å²) in [5.41, 5.74) is 5.75. The summed E-state index contributed by atoms with van der Waals surface area (Å²) >= 11 is 7.74. The van der Waals surface area contributed by atoms with Crippen LogP contribution in [-0.2, 0) is 0 Å². The van der Waals surface area contributed by atoms with E-state index in [-0.39, 0.29) is 0 Å². The first-order valence-electron chi connectivity index (χ1n) is 3.77. The van der Waals surface area contributed by atoms with Crippen molar-refractivity contribution < 1.29 is 0 Å². The van der Waals surface area contributed by atoms with Gasteiger partial charge in [-0.15, -0.1) is 35.7 Å². The number of thioether (sulfide) groups is 1. The van der Waals surface area contributed by atoms with Crippen molar-refractivity contribution in [2.45, 2.75) is 9.79 Å². The largest absolute Gasteiger partial charge is 0.391 e. The highest BCUT2D eigenvalue weighted by Crippen LogP contribution is 2.37. The number of thiol groups is 1. The molecule has 1 heterocycles. The van der Waals surface area contributed by atoms with Crippen molar-refractivity contribution in [3.8, 4) is 0 Å². The fourth-order valence-electron chi connectivity index (χ4n) is 1.31. The van der Waals surface area contributed by atoms with Crippen LogP contribution in [0.2, 0.25) is 0 Å². The fraction of sp³-hybridized carbons (Fsp3) is 0.111. The molecule has 13 heavy (non-hydrogen) atoms. The van der Waals surface area contributed by atoms with Gasteiger partial charge in [0.05, 0.1) is 5.00 Å². The van der Waals surface area contributed by atoms with Crippen LogP contribution in [0, 0.1) is 0 Å². The lowest BCUT2D eigenvalue weighted by atomic mass is 10.2. The number of nitrogen functional groups attached to an aromatic ring is 1. The van der Waals surface area contributed by atoms with Gasteiger partial charge in [0, 0.05) is 19.9 Å². The molecule has 1 aromatic carbocycles. The Bertz CT molecular complexity index is 447. The van der Waals surface area contributed by atoms with E-state index in [1.165, 1.54) is 15.0 Å². The van der Waals surface area contributed by atoms with Crippen molar-refractivity contribution in [1.82, 2.24) is 0 Å². The van der Waals surface area contributed by atoms with Gasteiger partial charge in [0.25, 0.3) is 0 Å². The molecular weight excluding hydrogens is 218 g/mol. The number of hydrogen-bond acceptors (Lipinski definition) is 4. The summed E-state index contributed by atoms with van der Waals surface area (Å²) in [6, 6.07) is 6.11. The van der Waals surface area contributed by atoms with Crippen molar-refractivity contribution in [1.29, 1.82) is 0 Å². The maximum absolute atomic E-state index is 5.75. The van der Waals surface area contributed by atoms with E-state index in [1.807, 2.05) is 12.1 Å². The predicted octanol–water partition coefficient (Wildman–Crippen LogP) is 3.49. The van der Waals surface area contributed by atoms with E-state index in [1.54, 1.807) is 23.1 Å². The first-order chi connectivity index (χ1) is 6.22. The highest BCUT2D eigenvalue weighted by Gasteiger charge is 2.06. The van der Waals surface area contributed by atoms with Crippen LogP contribution < -0.4 is 5.73 Å². The third kappa shape index (κ3) is 1.54. The normalized spacial score (nSPS) is 10.9. The molecule has 0 aliphatic rings. The van der Waals surface area contributed by atoms with E-state index in [0.717, 1.165) is 9.90 Å². The van der Waals surface area contributed by atoms with Gasteiger partial charge in [-0.25, -0.2) is 0 Å². The molecule has 1 nitrogen and oxygen atoms in total. The van der Waals surface area contributed by atoms with Crippen molar-refractivity contribution in [3.05, 3.63) is 18.2 Å². The van der Waals surface area contributed by atoms with Gasteiger partial charge in [-0.3, -0.25) is 0 Å². The van der Waals surface area contributed by atoms with Crippen molar-refractivity contribution in [2.24, 2.45) is 0 Å². The maximum Gasteiger partial charge on any atom is 0.0869 e. The molecular formula is C9H9NS3. The third-order valence-electron chi connectivity index (χ3n) is 1.85. The number of thiophene rings is 1. The molecule has 0 bridgehead atoms. The molecule has 0 saturated heterocycles. The molecule has 0 saturated carbocycles. The number of anilines is 1. The molecule has 68 valence electrons. The summed E-state index contributed by atoms with van der Waals surface area (Å²) in [6.07, 6.45) is 2.06. The van der Waals surface area contributed by atoms with Crippen LogP contribution in [0.5, 0.6) is 0 Å². The summed E-state index contributed by atoms with van der Waals surface area (Å²) in [6.45, 7) is 0. The maximum atomic E-state index is 5.75. The zero-order valence-electron chi connectivity index (χ0n) is 7.07. The zero-order chi connectivity index (χ0) is 9.42. The molecule has 2 N–H and O–H groups in total. The molecule has 0 spiro atoms. The Morgan fingerprint density at radius 3 is 2.92 bits per heavy atom. The molecule has 0 fully saturated rings. The molecule has 1 aromatic heterocycles. The van der Waals surface area contributed by atoms with Crippen molar-refractivity contribution in [2.75, 3.05) is 12.0 Å². The Labute approximate surface area is 90.7 Å². The molecule has 0 aliphatic heterocycles. The van der Waals surface area contributed by atoms with Gasteiger partial charge in [-0.2, -0.15) is 0 Å². The summed E-state index contributed by atoms with van der Waals surface area (Å²) in [5, 5.41) is 2.09. The summed E-state index contributed by atoms with van der Waals surface area (Å²) in [7, 11) is 0. The second-order valence-corrected chi connectivity index (χ2v) is 5.09. The molecule has 2 rings (SSSR count). The highest BCUT2D eigenvalue weighted by atomic mass is 32.2. The van der Waals surface area contributed by atoms with Crippen molar-refractivity contribution >= 4 is 50.8 Å². The summed E-state index contributed by atoms with van der Waals surface area (Å²) in [5.74, 6) is 0. The standard InChI is InChI=1S/C9H9NS3/c1-12-9-5-4-8(10)13-7(5)3-2-6(9)11/h2-4,11H,10H2,1H3. The zero-order valence-corrected chi connectivity index (χ0v) is 9.60. The monoisotopic (exact) mass is 227 g/mol. The molecule has 0 aliphatic carbocycles. The van der Waals surface area contributed by atoms with Gasteiger partial charge in [0.15, 0.2) is 0 Å². The number of nitrogens with two attached hydrogens (primary N) is 1. The first-order valence-corrected chi connectivity index (χ1v) is 6.26. The SMILES string of the molecule is CSc1c(S)ccc2sc(N)cc12. The van der Waals surface area contributed by atoms with Gasteiger partial charge in [-0.1, -0.05) is 0 Å². The topological polar surface area (TPSA) is 26.0 Å². The van der Waals surface area contributed by atoms with E-state index < -0.39 is 0 Å². The molecule has 0 unspecified atom stereocenters. The Hall–Kier alpha value is -0.320. The van der Waals surface area contributed by atoms with Crippen LogP contribution >= 0.6 is 35.7 Å². The minimum atomic E-state index is 0.865. The van der Waals surface area contributed by atoms with E-state index in [0.29, 0.717) is 0 Å².